The van der Waals surface area contributed by atoms with Crippen molar-refractivity contribution in [3.63, 3.8) is 0 Å². The molecule has 3 nitrogen and oxygen atoms in total. The fourth-order valence-corrected chi connectivity index (χ4v) is 3.34. The number of rotatable bonds is 6. The minimum Gasteiger partial charge on any atom is -0.493 e. The van der Waals surface area contributed by atoms with Crippen molar-refractivity contribution in [1.82, 2.24) is 0 Å². The first-order chi connectivity index (χ1) is 9.67. The summed E-state index contributed by atoms with van der Waals surface area (Å²) in [7, 11) is 1.63. The molecule has 0 aliphatic heterocycles. The standard InChI is InChI=1S/C15H18BrNO2S/c1-3-11-4-5-12(20-11)9-19-15-13(16)6-10(8-17)7-14(15)18-2/h4-7H,3,8-9,17H2,1-2H3. The summed E-state index contributed by atoms with van der Waals surface area (Å²) < 4.78 is 12.1. The van der Waals surface area contributed by atoms with E-state index in [4.69, 9.17) is 15.2 Å². The Morgan fingerprint density at radius 3 is 2.60 bits per heavy atom. The molecule has 0 amide bonds. The first kappa shape index (κ1) is 15.4. The van der Waals surface area contributed by atoms with Crippen LogP contribution in [0.15, 0.2) is 28.7 Å². The Hall–Kier alpha value is -1.04. The summed E-state index contributed by atoms with van der Waals surface area (Å²) in [5.74, 6) is 1.42. The average Bonchev–Trinajstić information content (AvgIpc) is 2.93. The second-order valence-electron chi connectivity index (χ2n) is 4.32. The highest BCUT2D eigenvalue weighted by Crippen LogP contribution is 2.37. The highest BCUT2D eigenvalue weighted by atomic mass is 79.9. The molecule has 0 fully saturated rings. The summed E-state index contributed by atoms with van der Waals surface area (Å²) in [5.41, 5.74) is 6.66. The van der Waals surface area contributed by atoms with Crippen LogP contribution in [0.25, 0.3) is 0 Å². The van der Waals surface area contributed by atoms with Crippen molar-refractivity contribution in [3.8, 4) is 11.5 Å². The lowest BCUT2D eigenvalue weighted by atomic mass is 10.2. The van der Waals surface area contributed by atoms with Crippen LogP contribution in [-0.2, 0) is 19.6 Å². The van der Waals surface area contributed by atoms with E-state index in [0.29, 0.717) is 18.9 Å². The Morgan fingerprint density at radius 2 is 2.00 bits per heavy atom. The van der Waals surface area contributed by atoms with E-state index in [-0.39, 0.29) is 0 Å². The van der Waals surface area contributed by atoms with Crippen molar-refractivity contribution in [3.05, 3.63) is 44.1 Å². The van der Waals surface area contributed by atoms with E-state index >= 15 is 0 Å². The van der Waals surface area contributed by atoms with Crippen molar-refractivity contribution >= 4 is 27.3 Å². The number of halogens is 1. The van der Waals surface area contributed by atoms with E-state index in [9.17, 15) is 0 Å². The second-order valence-corrected chi connectivity index (χ2v) is 6.43. The third-order valence-electron chi connectivity index (χ3n) is 2.95. The van der Waals surface area contributed by atoms with Crippen LogP contribution in [0, 0.1) is 0 Å². The number of aryl methyl sites for hydroxylation is 1. The van der Waals surface area contributed by atoms with E-state index in [1.807, 2.05) is 12.1 Å². The number of methoxy groups -OCH3 is 1. The van der Waals surface area contributed by atoms with E-state index in [2.05, 4.69) is 35.0 Å². The number of thiophene rings is 1. The van der Waals surface area contributed by atoms with Gasteiger partial charge in [-0.15, -0.1) is 11.3 Å². The fraction of sp³-hybridized carbons (Fsp3) is 0.333. The van der Waals surface area contributed by atoms with Crippen molar-refractivity contribution in [2.24, 2.45) is 5.73 Å². The summed E-state index contributed by atoms with van der Waals surface area (Å²) >= 11 is 5.29. The minimum absolute atomic E-state index is 0.472. The lowest BCUT2D eigenvalue weighted by molar-refractivity contribution is 0.285. The lowest BCUT2D eigenvalue weighted by Crippen LogP contribution is -2.01. The van der Waals surface area contributed by atoms with Gasteiger partial charge in [-0.1, -0.05) is 6.92 Å². The molecule has 1 aromatic heterocycles. The van der Waals surface area contributed by atoms with E-state index in [1.165, 1.54) is 9.75 Å². The van der Waals surface area contributed by atoms with Gasteiger partial charge in [0, 0.05) is 16.3 Å². The molecule has 0 saturated heterocycles. The molecule has 108 valence electrons. The molecular weight excluding hydrogens is 338 g/mol. The molecule has 2 N–H and O–H groups in total. The smallest absolute Gasteiger partial charge is 0.175 e. The van der Waals surface area contributed by atoms with Gasteiger partial charge >= 0.3 is 0 Å². The van der Waals surface area contributed by atoms with Crippen LogP contribution >= 0.6 is 27.3 Å². The number of hydrogen-bond acceptors (Lipinski definition) is 4. The first-order valence-corrected chi connectivity index (χ1v) is 8.05. The quantitative estimate of drug-likeness (QED) is 0.847. The monoisotopic (exact) mass is 355 g/mol. The number of nitrogens with two attached hydrogens (primary N) is 1. The minimum atomic E-state index is 0.472. The molecule has 1 aromatic carbocycles. The van der Waals surface area contributed by atoms with E-state index in [0.717, 1.165) is 22.2 Å². The maximum Gasteiger partial charge on any atom is 0.175 e. The van der Waals surface area contributed by atoms with Crippen LogP contribution < -0.4 is 15.2 Å². The number of benzene rings is 1. The zero-order valence-corrected chi connectivity index (χ0v) is 14.0. The molecule has 0 radical (unpaired) electrons. The number of ether oxygens (including phenoxy) is 2. The molecule has 0 atom stereocenters. The molecular formula is C15H18BrNO2S. The third kappa shape index (κ3) is 3.53. The third-order valence-corrected chi connectivity index (χ3v) is 4.74. The molecule has 2 rings (SSSR count). The van der Waals surface area contributed by atoms with Crippen molar-refractivity contribution in [2.75, 3.05) is 7.11 Å². The van der Waals surface area contributed by atoms with Gasteiger partial charge in [-0.2, -0.15) is 0 Å². The van der Waals surface area contributed by atoms with Gasteiger partial charge in [0.15, 0.2) is 11.5 Å². The van der Waals surface area contributed by atoms with Crippen molar-refractivity contribution in [2.45, 2.75) is 26.5 Å². The van der Waals surface area contributed by atoms with Crippen LogP contribution in [0.2, 0.25) is 0 Å². The number of hydrogen-bond donors (Lipinski definition) is 1. The van der Waals surface area contributed by atoms with Gasteiger partial charge in [-0.3, -0.25) is 0 Å². The van der Waals surface area contributed by atoms with Crippen LogP contribution in [-0.4, -0.2) is 7.11 Å². The Kier molecular flexibility index (Phi) is 5.46. The predicted octanol–water partition coefficient (Wildman–Crippen LogP) is 4.12. The van der Waals surface area contributed by atoms with Crippen molar-refractivity contribution in [1.29, 1.82) is 0 Å². The van der Waals surface area contributed by atoms with Gasteiger partial charge in [0.25, 0.3) is 0 Å². The van der Waals surface area contributed by atoms with Crippen LogP contribution in [0.1, 0.15) is 22.2 Å². The zero-order valence-electron chi connectivity index (χ0n) is 11.6. The molecule has 2 aromatic rings. The summed E-state index contributed by atoms with van der Waals surface area (Å²) in [6.45, 7) is 3.17. The highest BCUT2D eigenvalue weighted by molar-refractivity contribution is 9.10. The molecule has 20 heavy (non-hydrogen) atoms. The maximum atomic E-state index is 5.90. The molecule has 0 spiro atoms. The SMILES string of the molecule is CCc1ccc(COc2c(Br)cc(CN)cc2OC)s1. The summed E-state index contributed by atoms with van der Waals surface area (Å²) in [4.78, 5) is 2.58. The van der Waals surface area contributed by atoms with Crippen molar-refractivity contribution < 1.29 is 9.47 Å². The Bertz CT molecular complexity index is 583. The molecule has 0 bridgehead atoms. The topological polar surface area (TPSA) is 44.5 Å². The van der Waals surface area contributed by atoms with Gasteiger partial charge in [0.2, 0.25) is 0 Å². The summed E-state index contributed by atoms with van der Waals surface area (Å²) in [6, 6.07) is 8.13. The Morgan fingerprint density at radius 1 is 1.25 bits per heavy atom. The molecule has 0 aliphatic rings. The van der Waals surface area contributed by atoms with Gasteiger partial charge in [0.1, 0.15) is 6.61 Å². The van der Waals surface area contributed by atoms with Gasteiger partial charge < -0.3 is 15.2 Å². The largest absolute Gasteiger partial charge is 0.493 e. The fourth-order valence-electron chi connectivity index (χ4n) is 1.86. The van der Waals surface area contributed by atoms with Gasteiger partial charge in [0.05, 0.1) is 11.6 Å². The lowest BCUT2D eigenvalue weighted by Gasteiger charge is -2.13. The first-order valence-electron chi connectivity index (χ1n) is 6.44. The second kappa shape index (κ2) is 7.11. The molecule has 5 heteroatoms. The molecule has 1 heterocycles. The van der Waals surface area contributed by atoms with Crippen LogP contribution in [0.5, 0.6) is 11.5 Å². The molecule has 0 unspecified atom stereocenters. The zero-order chi connectivity index (χ0) is 14.5. The summed E-state index contributed by atoms with van der Waals surface area (Å²) in [5, 5.41) is 0. The molecule has 0 saturated carbocycles. The highest BCUT2D eigenvalue weighted by Gasteiger charge is 2.12. The van der Waals surface area contributed by atoms with E-state index in [1.54, 1.807) is 18.4 Å². The van der Waals surface area contributed by atoms with Crippen LogP contribution in [0.4, 0.5) is 0 Å². The predicted molar refractivity (Wildman–Crippen MR) is 86.6 cm³/mol. The summed E-state index contributed by atoms with van der Waals surface area (Å²) in [6.07, 6.45) is 1.06. The van der Waals surface area contributed by atoms with Gasteiger partial charge in [-0.05, 0) is 52.2 Å². The Balaban J connectivity index is 2.16. The average molecular weight is 356 g/mol. The van der Waals surface area contributed by atoms with E-state index < -0.39 is 0 Å². The Labute approximate surface area is 131 Å². The maximum absolute atomic E-state index is 5.90. The van der Waals surface area contributed by atoms with Crippen LogP contribution in [0.3, 0.4) is 0 Å². The van der Waals surface area contributed by atoms with Gasteiger partial charge in [-0.25, -0.2) is 0 Å². The normalized spacial score (nSPS) is 10.6. The molecule has 0 aliphatic carbocycles.